The van der Waals surface area contributed by atoms with Crippen molar-refractivity contribution < 1.29 is 9.22 Å². The molecule has 0 aromatic heterocycles. The van der Waals surface area contributed by atoms with Gasteiger partial charge < -0.3 is 15.1 Å². The number of hydrogen-bond donors (Lipinski definition) is 1. The lowest BCUT2D eigenvalue weighted by Crippen LogP contribution is -2.42. The Kier molecular flexibility index (Phi) is 4.50. The summed E-state index contributed by atoms with van der Waals surface area (Å²) in [4.78, 5) is 14.4. The number of nitrogens with two attached hydrogens (primary N) is 1. The average Bonchev–Trinajstić information content (AvgIpc) is 2.37. The fourth-order valence-electron chi connectivity index (χ4n) is 2.33. The van der Waals surface area contributed by atoms with Crippen molar-refractivity contribution in [3.63, 3.8) is 0 Å². The van der Waals surface area contributed by atoms with Gasteiger partial charge in [-0.2, -0.15) is 0 Å². The lowest BCUT2D eigenvalue weighted by Gasteiger charge is -2.30. The second-order valence-corrected chi connectivity index (χ2v) is 10.8. The summed E-state index contributed by atoms with van der Waals surface area (Å²) in [5.74, 6) is 0.877. The van der Waals surface area contributed by atoms with Crippen LogP contribution in [0.4, 0.5) is 0 Å². The van der Waals surface area contributed by atoms with Gasteiger partial charge in [0.1, 0.15) is 5.75 Å². The lowest BCUT2D eigenvalue weighted by molar-refractivity contribution is 0.0714. The van der Waals surface area contributed by atoms with E-state index >= 15 is 0 Å². The van der Waals surface area contributed by atoms with E-state index in [0.717, 1.165) is 31.7 Å². The molecule has 2 N–H and O–H groups in total. The zero-order valence-electron chi connectivity index (χ0n) is 12.6. The summed E-state index contributed by atoms with van der Waals surface area (Å²) in [5.41, 5.74) is 6.58. The number of benzene rings is 1. The molecule has 0 aliphatic carbocycles. The summed E-state index contributed by atoms with van der Waals surface area (Å²) < 4.78 is 5.95. The Balaban J connectivity index is 2.08. The van der Waals surface area contributed by atoms with E-state index in [-0.39, 0.29) is 11.9 Å². The van der Waals surface area contributed by atoms with Gasteiger partial charge in [0, 0.05) is 24.7 Å². The molecule has 1 saturated heterocycles. The third-order valence-electron chi connectivity index (χ3n) is 3.33. The fourth-order valence-corrected chi connectivity index (χ4v) is 3.17. The number of carbonyl (C=O) groups is 1. The minimum absolute atomic E-state index is 0.0814. The third kappa shape index (κ3) is 4.08. The molecule has 1 amide bonds. The minimum atomic E-state index is -1.65. The van der Waals surface area contributed by atoms with Gasteiger partial charge >= 0.3 is 0 Å². The monoisotopic (exact) mass is 292 g/mol. The molecule has 0 saturated carbocycles. The van der Waals surface area contributed by atoms with E-state index in [1.807, 2.05) is 29.2 Å². The molecule has 1 aromatic carbocycles. The van der Waals surface area contributed by atoms with E-state index in [2.05, 4.69) is 19.6 Å². The molecule has 0 spiro atoms. The zero-order valence-corrected chi connectivity index (χ0v) is 13.6. The van der Waals surface area contributed by atoms with Crippen LogP contribution in [0.15, 0.2) is 24.3 Å². The van der Waals surface area contributed by atoms with Gasteiger partial charge in [-0.15, -0.1) is 0 Å². The zero-order chi connectivity index (χ0) is 14.8. The first kappa shape index (κ1) is 15.1. The minimum Gasteiger partial charge on any atom is -0.544 e. The molecule has 2 rings (SSSR count). The van der Waals surface area contributed by atoms with E-state index < -0.39 is 8.32 Å². The van der Waals surface area contributed by atoms with Crippen molar-refractivity contribution in [2.24, 2.45) is 5.73 Å². The Morgan fingerprint density at radius 1 is 1.30 bits per heavy atom. The molecular formula is C15H24N2O2Si. The van der Waals surface area contributed by atoms with Crippen LogP contribution in [-0.2, 0) is 0 Å². The Bertz CT molecular complexity index is 477. The molecule has 1 aliphatic rings. The van der Waals surface area contributed by atoms with Crippen LogP contribution in [0.5, 0.6) is 5.75 Å². The van der Waals surface area contributed by atoms with E-state index in [0.29, 0.717) is 5.56 Å². The van der Waals surface area contributed by atoms with Crippen LogP contribution in [-0.4, -0.2) is 38.3 Å². The van der Waals surface area contributed by atoms with Crippen LogP contribution in [0.25, 0.3) is 0 Å². The van der Waals surface area contributed by atoms with Crippen LogP contribution in [0, 0.1) is 0 Å². The molecule has 0 radical (unpaired) electrons. The third-order valence-corrected chi connectivity index (χ3v) is 4.18. The summed E-state index contributed by atoms with van der Waals surface area (Å²) in [7, 11) is -1.65. The van der Waals surface area contributed by atoms with Gasteiger partial charge in [0.05, 0.1) is 0 Å². The lowest BCUT2D eigenvalue weighted by atomic mass is 10.0. The molecular weight excluding hydrogens is 268 g/mol. The molecule has 0 unspecified atom stereocenters. The predicted octanol–water partition coefficient (Wildman–Crippen LogP) is 2.46. The number of hydrogen-bond acceptors (Lipinski definition) is 3. The first-order valence-electron chi connectivity index (χ1n) is 7.19. The topological polar surface area (TPSA) is 55.6 Å². The summed E-state index contributed by atoms with van der Waals surface area (Å²) >= 11 is 0. The molecule has 1 aliphatic heterocycles. The van der Waals surface area contributed by atoms with Gasteiger partial charge in [0.2, 0.25) is 8.32 Å². The van der Waals surface area contributed by atoms with Crippen molar-refractivity contribution in [3.8, 4) is 5.75 Å². The maximum atomic E-state index is 12.5. The van der Waals surface area contributed by atoms with Crippen molar-refractivity contribution in [3.05, 3.63) is 29.8 Å². The molecule has 5 heteroatoms. The maximum Gasteiger partial charge on any atom is 0.253 e. The molecule has 110 valence electrons. The van der Waals surface area contributed by atoms with Crippen molar-refractivity contribution >= 4 is 14.2 Å². The molecule has 20 heavy (non-hydrogen) atoms. The Morgan fingerprint density at radius 3 is 2.55 bits per heavy atom. The van der Waals surface area contributed by atoms with E-state index in [1.54, 1.807) is 0 Å². The number of nitrogens with zero attached hydrogens (tertiary/aromatic N) is 1. The second-order valence-electron chi connectivity index (χ2n) is 6.37. The van der Waals surface area contributed by atoms with Gasteiger partial charge in [0.15, 0.2) is 0 Å². The van der Waals surface area contributed by atoms with Crippen LogP contribution >= 0.6 is 0 Å². The first-order valence-corrected chi connectivity index (χ1v) is 10.6. The Morgan fingerprint density at radius 2 is 1.95 bits per heavy atom. The Labute approximate surface area is 122 Å². The van der Waals surface area contributed by atoms with Crippen molar-refractivity contribution in [2.45, 2.75) is 38.5 Å². The summed E-state index contributed by atoms with van der Waals surface area (Å²) in [5, 5.41) is 0. The molecule has 0 atom stereocenters. The largest absolute Gasteiger partial charge is 0.544 e. The Hall–Kier alpha value is -1.33. The number of piperidine rings is 1. The smallest absolute Gasteiger partial charge is 0.253 e. The highest BCUT2D eigenvalue weighted by Gasteiger charge is 2.22. The van der Waals surface area contributed by atoms with Crippen LogP contribution < -0.4 is 10.2 Å². The van der Waals surface area contributed by atoms with Gasteiger partial charge in [-0.25, -0.2) is 0 Å². The highest BCUT2D eigenvalue weighted by molar-refractivity contribution is 6.70. The first-order chi connectivity index (χ1) is 9.35. The second kappa shape index (κ2) is 5.97. The summed E-state index contributed by atoms with van der Waals surface area (Å²) in [6, 6.07) is 7.75. The molecule has 4 nitrogen and oxygen atoms in total. The standard InChI is InChI=1S/C15H24N2O2Si/c1-20(2,3)19-14-6-4-5-12(11-14)15(18)17-9-7-13(16)8-10-17/h4-6,11,13H,7-10,16H2,1-3H3. The highest BCUT2D eigenvalue weighted by Crippen LogP contribution is 2.20. The van der Waals surface area contributed by atoms with Crippen molar-refractivity contribution in [2.75, 3.05) is 13.1 Å². The average molecular weight is 292 g/mol. The quantitative estimate of drug-likeness (QED) is 0.871. The van der Waals surface area contributed by atoms with Gasteiger partial charge in [-0.1, -0.05) is 6.07 Å². The van der Waals surface area contributed by atoms with Crippen LogP contribution in [0.2, 0.25) is 19.6 Å². The maximum absolute atomic E-state index is 12.5. The van der Waals surface area contributed by atoms with Crippen LogP contribution in [0.1, 0.15) is 23.2 Å². The van der Waals surface area contributed by atoms with Crippen molar-refractivity contribution in [1.29, 1.82) is 0 Å². The number of likely N-dealkylation sites (tertiary alicyclic amines) is 1. The van der Waals surface area contributed by atoms with E-state index in [4.69, 9.17) is 10.2 Å². The van der Waals surface area contributed by atoms with E-state index in [1.165, 1.54) is 0 Å². The molecule has 0 bridgehead atoms. The number of amides is 1. The highest BCUT2D eigenvalue weighted by atomic mass is 28.4. The SMILES string of the molecule is C[Si](C)(C)Oc1cccc(C(=O)N2CCC(N)CC2)c1. The van der Waals surface area contributed by atoms with Gasteiger partial charge in [-0.05, 0) is 50.7 Å². The van der Waals surface area contributed by atoms with Gasteiger partial charge in [-0.3, -0.25) is 4.79 Å². The van der Waals surface area contributed by atoms with Crippen LogP contribution in [0.3, 0.4) is 0 Å². The van der Waals surface area contributed by atoms with Gasteiger partial charge in [0.25, 0.3) is 5.91 Å². The van der Waals surface area contributed by atoms with Crippen molar-refractivity contribution in [1.82, 2.24) is 4.90 Å². The summed E-state index contributed by atoms with van der Waals surface area (Å²) in [6.07, 6.45) is 1.77. The van der Waals surface area contributed by atoms with E-state index in [9.17, 15) is 4.79 Å². The normalized spacial score (nSPS) is 17.1. The molecule has 1 fully saturated rings. The molecule has 1 aromatic rings. The number of rotatable bonds is 3. The predicted molar refractivity (Wildman–Crippen MR) is 83.5 cm³/mol. The summed E-state index contributed by atoms with van der Waals surface area (Å²) in [6.45, 7) is 7.90. The fraction of sp³-hybridized carbons (Fsp3) is 0.533. The number of carbonyl (C=O) groups excluding carboxylic acids is 1. The molecule has 1 heterocycles.